The molecule has 0 bridgehead atoms. The van der Waals surface area contributed by atoms with E-state index in [9.17, 15) is 13.2 Å². The summed E-state index contributed by atoms with van der Waals surface area (Å²) in [6, 6.07) is 0. The van der Waals surface area contributed by atoms with Crippen LogP contribution in [0.2, 0.25) is 0 Å². The summed E-state index contributed by atoms with van der Waals surface area (Å²) in [5, 5.41) is 2.89. The predicted molar refractivity (Wildman–Crippen MR) is 46.2 cm³/mol. The summed E-state index contributed by atoms with van der Waals surface area (Å²) in [6.45, 7) is 2.81. The molecule has 0 aliphatic heterocycles. The highest BCUT2D eigenvalue weighted by Gasteiger charge is 2.25. The van der Waals surface area contributed by atoms with Crippen LogP contribution in [0.3, 0.4) is 0 Å². The molecule has 4 heteroatoms. The zero-order chi connectivity index (χ0) is 10.2. The van der Waals surface area contributed by atoms with Crippen molar-refractivity contribution in [1.29, 1.82) is 0 Å². The molecule has 1 N–H and O–H groups in total. The van der Waals surface area contributed by atoms with Gasteiger partial charge in [0.2, 0.25) is 0 Å². The Morgan fingerprint density at radius 3 is 2.46 bits per heavy atom. The van der Waals surface area contributed by atoms with Crippen LogP contribution in [-0.4, -0.2) is 19.3 Å². The second-order valence-electron chi connectivity index (χ2n) is 2.65. The van der Waals surface area contributed by atoms with Gasteiger partial charge in [-0.25, -0.2) is 0 Å². The van der Waals surface area contributed by atoms with Crippen molar-refractivity contribution in [3.8, 4) is 11.8 Å². The van der Waals surface area contributed by atoms with Gasteiger partial charge in [-0.05, 0) is 19.9 Å². The van der Waals surface area contributed by atoms with Crippen LogP contribution < -0.4 is 5.32 Å². The molecule has 0 atom stereocenters. The minimum atomic E-state index is -4.02. The first-order chi connectivity index (χ1) is 6.06. The van der Waals surface area contributed by atoms with Crippen LogP contribution in [0.5, 0.6) is 0 Å². The van der Waals surface area contributed by atoms with E-state index in [0.29, 0.717) is 19.5 Å². The first-order valence-corrected chi connectivity index (χ1v) is 4.23. The molecule has 0 aromatic rings. The van der Waals surface area contributed by atoms with E-state index < -0.39 is 12.6 Å². The Morgan fingerprint density at radius 1 is 1.23 bits per heavy atom. The van der Waals surface area contributed by atoms with Crippen LogP contribution in [0.15, 0.2) is 0 Å². The van der Waals surface area contributed by atoms with Crippen LogP contribution >= 0.6 is 0 Å². The lowest BCUT2D eigenvalue weighted by Crippen LogP contribution is -2.18. The van der Waals surface area contributed by atoms with E-state index in [1.165, 1.54) is 0 Å². The number of hydrogen-bond acceptors (Lipinski definition) is 1. The standard InChI is InChI=1S/C9H14F3N/c1-2-3-4-7-13-8-5-6-9(10,11)12/h13H,4-8H2,1H3. The lowest BCUT2D eigenvalue weighted by molar-refractivity contribution is -0.135. The van der Waals surface area contributed by atoms with Crippen LogP contribution in [0.1, 0.15) is 26.2 Å². The van der Waals surface area contributed by atoms with Crippen molar-refractivity contribution in [3.05, 3.63) is 0 Å². The van der Waals surface area contributed by atoms with Crippen molar-refractivity contribution in [2.24, 2.45) is 0 Å². The molecule has 76 valence electrons. The smallest absolute Gasteiger partial charge is 0.316 e. The van der Waals surface area contributed by atoms with E-state index in [1.54, 1.807) is 6.92 Å². The van der Waals surface area contributed by atoms with Gasteiger partial charge in [-0.15, -0.1) is 11.8 Å². The highest BCUT2D eigenvalue weighted by Crippen LogP contribution is 2.20. The minimum absolute atomic E-state index is 0.142. The minimum Gasteiger partial charge on any atom is -0.316 e. The summed E-state index contributed by atoms with van der Waals surface area (Å²) < 4.78 is 34.9. The van der Waals surface area contributed by atoms with Gasteiger partial charge in [0.15, 0.2) is 0 Å². The molecule has 0 aromatic carbocycles. The number of hydrogen-bond donors (Lipinski definition) is 1. The fraction of sp³-hybridized carbons (Fsp3) is 0.778. The highest BCUT2D eigenvalue weighted by molar-refractivity contribution is 4.94. The number of rotatable bonds is 5. The maximum Gasteiger partial charge on any atom is 0.389 e. The first-order valence-electron chi connectivity index (χ1n) is 4.23. The first kappa shape index (κ1) is 12.3. The van der Waals surface area contributed by atoms with E-state index in [0.717, 1.165) is 0 Å². The number of nitrogens with one attached hydrogen (secondary N) is 1. The van der Waals surface area contributed by atoms with Crippen molar-refractivity contribution >= 4 is 0 Å². The van der Waals surface area contributed by atoms with Gasteiger partial charge in [-0.2, -0.15) is 13.2 Å². The van der Waals surface area contributed by atoms with E-state index in [4.69, 9.17) is 0 Å². The fourth-order valence-electron chi connectivity index (χ4n) is 0.815. The topological polar surface area (TPSA) is 12.0 Å². The normalized spacial score (nSPS) is 10.8. The molecule has 0 saturated carbocycles. The maximum absolute atomic E-state index is 11.6. The SMILES string of the molecule is CC#CCCNCCCC(F)(F)F. The Morgan fingerprint density at radius 2 is 1.92 bits per heavy atom. The number of alkyl halides is 3. The molecule has 0 rings (SSSR count). The Hall–Kier alpha value is -0.690. The van der Waals surface area contributed by atoms with Gasteiger partial charge in [-0.3, -0.25) is 0 Å². The summed E-state index contributed by atoms with van der Waals surface area (Å²) in [5.74, 6) is 5.53. The zero-order valence-electron chi connectivity index (χ0n) is 7.67. The molecule has 13 heavy (non-hydrogen) atoms. The molecule has 0 amide bonds. The second kappa shape index (κ2) is 6.79. The summed E-state index contributed by atoms with van der Waals surface area (Å²) in [7, 11) is 0. The third-order valence-corrected chi connectivity index (χ3v) is 1.42. The second-order valence-corrected chi connectivity index (χ2v) is 2.65. The molecular formula is C9H14F3N. The fourth-order valence-corrected chi connectivity index (χ4v) is 0.815. The predicted octanol–water partition coefficient (Wildman–Crippen LogP) is 2.33. The summed E-state index contributed by atoms with van der Waals surface area (Å²) >= 11 is 0. The third kappa shape index (κ3) is 11.3. The van der Waals surface area contributed by atoms with E-state index in [-0.39, 0.29) is 6.42 Å². The Kier molecular flexibility index (Phi) is 6.43. The van der Waals surface area contributed by atoms with Crippen molar-refractivity contribution in [1.82, 2.24) is 5.32 Å². The highest BCUT2D eigenvalue weighted by atomic mass is 19.4. The molecular weight excluding hydrogens is 179 g/mol. The van der Waals surface area contributed by atoms with Crippen molar-refractivity contribution in [3.63, 3.8) is 0 Å². The average Bonchev–Trinajstić information content (AvgIpc) is 2.01. The van der Waals surface area contributed by atoms with Gasteiger partial charge in [0.1, 0.15) is 0 Å². The van der Waals surface area contributed by atoms with E-state index in [2.05, 4.69) is 17.2 Å². The lowest BCUT2D eigenvalue weighted by Gasteiger charge is -2.05. The molecule has 0 aromatic heterocycles. The molecule has 0 aliphatic carbocycles. The summed E-state index contributed by atoms with van der Waals surface area (Å²) in [4.78, 5) is 0. The van der Waals surface area contributed by atoms with Gasteiger partial charge in [0.05, 0.1) is 0 Å². The molecule has 0 spiro atoms. The lowest BCUT2D eigenvalue weighted by atomic mass is 10.3. The van der Waals surface area contributed by atoms with Gasteiger partial charge in [0.25, 0.3) is 0 Å². The monoisotopic (exact) mass is 193 g/mol. The quantitative estimate of drug-likeness (QED) is 0.522. The van der Waals surface area contributed by atoms with Gasteiger partial charge in [0, 0.05) is 19.4 Å². The van der Waals surface area contributed by atoms with Gasteiger partial charge >= 0.3 is 6.18 Å². The molecule has 0 radical (unpaired) electrons. The maximum atomic E-state index is 11.6. The average molecular weight is 193 g/mol. The van der Waals surface area contributed by atoms with Crippen molar-refractivity contribution in [2.75, 3.05) is 13.1 Å². The van der Waals surface area contributed by atoms with Crippen LogP contribution in [0.25, 0.3) is 0 Å². The zero-order valence-corrected chi connectivity index (χ0v) is 7.67. The van der Waals surface area contributed by atoms with Gasteiger partial charge < -0.3 is 5.32 Å². The molecule has 0 unspecified atom stereocenters. The van der Waals surface area contributed by atoms with Crippen LogP contribution in [-0.2, 0) is 0 Å². The Labute approximate surface area is 76.7 Å². The molecule has 1 nitrogen and oxygen atoms in total. The van der Waals surface area contributed by atoms with Crippen molar-refractivity contribution in [2.45, 2.75) is 32.4 Å². The third-order valence-electron chi connectivity index (χ3n) is 1.42. The van der Waals surface area contributed by atoms with E-state index >= 15 is 0 Å². The molecule has 0 fully saturated rings. The molecule has 0 aliphatic rings. The van der Waals surface area contributed by atoms with Crippen LogP contribution in [0.4, 0.5) is 13.2 Å². The summed E-state index contributed by atoms with van der Waals surface area (Å²) in [6.07, 6.45) is -3.89. The largest absolute Gasteiger partial charge is 0.389 e. The van der Waals surface area contributed by atoms with Gasteiger partial charge in [-0.1, -0.05) is 0 Å². The van der Waals surface area contributed by atoms with Crippen LogP contribution in [0, 0.1) is 11.8 Å². The summed E-state index contributed by atoms with van der Waals surface area (Å²) in [5.41, 5.74) is 0. The van der Waals surface area contributed by atoms with E-state index in [1.807, 2.05) is 0 Å². The van der Waals surface area contributed by atoms with Crippen molar-refractivity contribution < 1.29 is 13.2 Å². The Balaban J connectivity index is 3.12. The molecule has 0 saturated heterocycles. The Bertz CT molecular complexity index is 176. The number of halogens is 3. The molecule has 0 heterocycles.